The van der Waals surface area contributed by atoms with E-state index in [1.165, 1.54) is 12.3 Å². The molecule has 1 aromatic carbocycles. The summed E-state index contributed by atoms with van der Waals surface area (Å²) in [4.78, 5) is 25.0. The molecule has 0 radical (unpaired) electrons. The van der Waals surface area contributed by atoms with Crippen LogP contribution in [0.2, 0.25) is 5.02 Å². The quantitative estimate of drug-likeness (QED) is 0.567. The molecule has 4 rings (SSSR count). The molecule has 0 N–H and O–H groups in total. The van der Waals surface area contributed by atoms with Gasteiger partial charge < -0.3 is 9.64 Å². The van der Waals surface area contributed by atoms with Crippen LogP contribution >= 0.6 is 11.6 Å². The third kappa shape index (κ3) is 5.28. The summed E-state index contributed by atoms with van der Waals surface area (Å²) in [5.74, 6) is -0.623. The lowest BCUT2D eigenvalue weighted by molar-refractivity contribution is -0.154. The van der Waals surface area contributed by atoms with E-state index in [9.17, 15) is 18.0 Å². The van der Waals surface area contributed by atoms with Crippen molar-refractivity contribution in [2.24, 2.45) is 0 Å². The van der Waals surface area contributed by atoms with Gasteiger partial charge in [-0.1, -0.05) is 35.9 Å². The predicted molar refractivity (Wildman–Crippen MR) is 114 cm³/mol. The first kappa shape index (κ1) is 22.3. The number of nitrogens with zero attached hydrogens (tertiary/aromatic N) is 4. The summed E-state index contributed by atoms with van der Waals surface area (Å²) in [6.45, 7) is 1.63. The van der Waals surface area contributed by atoms with Crippen molar-refractivity contribution >= 4 is 28.4 Å². The van der Waals surface area contributed by atoms with Crippen molar-refractivity contribution in [3.63, 3.8) is 0 Å². The summed E-state index contributed by atoms with van der Waals surface area (Å²) in [6, 6.07) is 11.3. The van der Waals surface area contributed by atoms with Gasteiger partial charge in [0.15, 0.2) is 6.61 Å². The Morgan fingerprint density at radius 1 is 1.09 bits per heavy atom. The number of pyridine rings is 2. The molecule has 0 bridgehead atoms. The number of piperazine rings is 1. The highest BCUT2D eigenvalue weighted by Gasteiger charge is 2.29. The highest BCUT2D eigenvalue weighted by atomic mass is 35.5. The van der Waals surface area contributed by atoms with Gasteiger partial charge in [0.2, 0.25) is 5.88 Å². The first-order chi connectivity index (χ1) is 15.3. The molecule has 1 aliphatic heterocycles. The molecular weight excluding hydrogens is 445 g/mol. The molecule has 0 aliphatic carbocycles. The highest BCUT2D eigenvalue weighted by Crippen LogP contribution is 2.26. The fraction of sp³-hybridized carbons (Fsp3) is 0.318. The molecule has 3 aromatic rings. The average Bonchev–Trinajstić information content (AvgIpc) is 2.78. The Bertz CT molecular complexity index is 1110. The van der Waals surface area contributed by atoms with Crippen LogP contribution in [0.5, 0.6) is 5.88 Å². The predicted octanol–water partition coefficient (Wildman–Crippen LogP) is 4.18. The Labute approximate surface area is 187 Å². The van der Waals surface area contributed by atoms with Gasteiger partial charge in [-0.25, -0.2) is 4.98 Å². The molecule has 1 amide bonds. The van der Waals surface area contributed by atoms with Crippen LogP contribution in [0.15, 0.2) is 48.8 Å². The standard InChI is InChI=1S/C22H20ClF3N4O2/c23-18-11-17(12-28-20(18)32-14-22(24,25)26)21(31)30-9-7-29(8-10-30)13-16-4-1-3-15-5-2-6-27-19(15)16/h1-6,11-12H,7-10,13-14H2. The fourth-order valence-electron chi connectivity index (χ4n) is 3.63. The van der Waals surface area contributed by atoms with Gasteiger partial charge in [-0.2, -0.15) is 13.2 Å². The summed E-state index contributed by atoms with van der Waals surface area (Å²) in [7, 11) is 0. The molecular formula is C22H20ClF3N4O2. The minimum absolute atomic E-state index is 0.137. The minimum Gasteiger partial charge on any atom is -0.467 e. The third-order valence-electron chi connectivity index (χ3n) is 5.20. The largest absolute Gasteiger partial charge is 0.467 e. The normalized spacial score (nSPS) is 15.2. The van der Waals surface area contributed by atoms with Gasteiger partial charge in [0, 0.05) is 50.5 Å². The van der Waals surface area contributed by atoms with Gasteiger partial charge in [0.1, 0.15) is 5.02 Å². The number of alkyl halides is 3. The molecule has 168 valence electrons. The maximum Gasteiger partial charge on any atom is 0.422 e. The molecule has 0 unspecified atom stereocenters. The summed E-state index contributed by atoms with van der Waals surface area (Å²) >= 11 is 5.96. The van der Waals surface area contributed by atoms with Crippen LogP contribution in [0.4, 0.5) is 13.2 Å². The van der Waals surface area contributed by atoms with E-state index in [2.05, 4.69) is 25.7 Å². The van der Waals surface area contributed by atoms with E-state index in [0.717, 1.165) is 23.0 Å². The van der Waals surface area contributed by atoms with E-state index < -0.39 is 12.8 Å². The maximum atomic E-state index is 12.8. The van der Waals surface area contributed by atoms with Gasteiger partial charge in [-0.05, 0) is 17.7 Å². The molecule has 0 atom stereocenters. The van der Waals surface area contributed by atoms with Gasteiger partial charge in [-0.15, -0.1) is 0 Å². The molecule has 0 spiro atoms. The minimum atomic E-state index is -4.50. The van der Waals surface area contributed by atoms with E-state index in [1.807, 2.05) is 24.3 Å². The SMILES string of the molecule is O=C(c1cnc(OCC(F)(F)F)c(Cl)c1)N1CCN(Cc2cccc3cccnc23)CC1. The number of carbonyl (C=O) groups is 1. The van der Waals surface area contributed by atoms with E-state index >= 15 is 0 Å². The van der Waals surface area contributed by atoms with Crippen LogP contribution < -0.4 is 4.74 Å². The smallest absolute Gasteiger partial charge is 0.422 e. The van der Waals surface area contributed by atoms with Gasteiger partial charge in [-0.3, -0.25) is 14.7 Å². The lowest BCUT2D eigenvalue weighted by atomic mass is 10.1. The number of amides is 1. The number of carbonyl (C=O) groups excluding carboxylic acids is 1. The van der Waals surface area contributed by atoms with Gasteiger partial charge in [0.05, 0.1) is 11.1 Å². The molecule has 1 fully saturated rings. The number of hydrogen-bond donors (Lipinski definition) is 0. The first-order valence-electron chi connectivity index (χ1n) is 9.99. The van der Waals surface area contributed by atoms with E-state index in [0.29, 0.717) is 26.2 Å². The van der Waals surface area contributed by atoms with Crippen molar-refractivity contribution < 1.29 is 22.7 Å². The number of halogens is 4. The van der Waals surface area contributed by atoms with E-state index in [1.54, 1.807) is 11.1 Å². The van der Waals surface area contributed by atoms with Crippen LogP contribution in [0.25, 0.3) is 10.9 Å². The summed E-state index contributed by atoms with van der Waals surface area (Å²) < 4.78 is 41.5. The molecule has 3 heterocycles. The van der Waals surface area contributed by atoms with Crippen molar-refractivity contribution in [3.8, 4) is 5.88 Å². The van der Waals surface area contributed by atoms with Crippen molar-refractivity contribution in [1.82, 2.24) is 19.8 Å². The van der Waals surface area contributed by atoms with Crippen molar-refractivity contribution in [2.75, 3.05) is 32.8 Å². The maximum absolute atomic E-state index is 12.8. The Hall–Kier alpha value is -2.91. The Morgan fingerprint density at radius 3 is 2.56 bits per heavy atom. The first-order valence-corrected chi connectivity index (χ1v) is 10.4. The zero-order chi connectivity index (χ0) is 22.7. The van der Waals surface area contributed by atoms with Crippen molar-refractivity contribution in [1.29, 1.82) is 0 Å². The number of para-hydroxylation sites is 1. The zero-order valence-electron chi connectivity index (χ0n) is 17.0. The second-order valence-corrected chi connectivity index (χ2v) is 7.88. The van der Waals surface area contributed by atoms with Gasteiger partial charge in [0.25, 0.3) is 5.91 Å². The number of hydrogen-bond acceptors (Lipinski definition) is 5. The molecule has 1 saturated heterocycles. The monoisotopic (exact) mass is 464 g/mol. The van der Waals surface area contributed by atoms with Crippen LogP contribution in [-0.2, 0) is 6.54 Å². The van der Waals surface area contributed by atoms with Crippen LogP contribution in [0, 0.1) is 0 Å². The third-order valence-corrected chi connectivity index (χ3v) is 5.47. The number of aromatic nitrogens is 2. The molecule has 0 saturated carbocycles. The van der Waals surface area contributed by atoms with Crippen LogP contribution in [0.3, 0.4) is 0 Å². The number of benzene rings is 1. The van der Waals surface area contributed by atoms with Crippen LogP contribution in [0.1, 0.15) is 15.9 Å². The molecule has 32 heavy (non-hydrogen) atoms. The number of rotatable bonds is 5. The summed E-state index contributed by atoms with van der Waals surface area (Å²) in [5, 5.41) is 0.952. The Balaban J connectivity index is 1.36. The Kier molecular flexibility index (Phi) is 6.48. The number of ether oxygens (including phenoxy) is 1. The number of fused-ring (bicyclic) bond motifs is 1. The molecule has 10 heteroatoms. The molecule has 6 nitrogen and oxygen atoms in total. The van der Waals surface area contributed by atoms with Gasteiger partial charge >= 0.3 is 6.18 Å². The fourth-order valence-corrected chi connectivity index (χ4v) is 3.85. The summed E-state index contributed by atoms with van der Waals surface area (Å²) in [6.07, 6.45) is -1.53. The second-order valence-electron chi connectivity index (χ2n) is 7.48. The lowest BCUT2D eigenvalue weighted by Crippen LogP contribution is -2.48. The molecule has 1 aliphatic rings. The topological polar surface area (TPSA) is 58.6 Å². The highest BCUT2D eigenvalue weighted by molar-refractivity contribution is 6.32. The second kappa shape index (κ2) is 9.30. The Morgan fingerprint density at radius 2 is 1.84 bits per heavy atom. The molecule has 2 aromatic heterocycles. The lowest BCUT2D eigenvalue weighted by Gasteiger charge is -2.34. The zero-order valence-corrected chi connectivity index (χ0v) is 17.7. The van der Waals surface area contributed by atoms with E-state index in [-0.39, 0.29) is 22.4 Å². The van der Waals surface area contributed by atoms with Crippen molar-refractivity contribution in [2.45, 2.75) is 12.7 Å². The van der Waals surface area contributed by atoms with E-state index in [4.69, 9.17) is 11.6 Å². The van der Waals surface area contributed by atoms with Crippen molar-refractivity contribution in [3.05, 3.63) is 64.9 Å². The average molecular weight is 465 g/mol. The summed E-state index contributed by atoms with van der Waals surface area (Å²) in [5.41, 5.74) is 2.32. The van der Waals surface area contributed by atoms with Crippen LogP contribution in [-0.4, -0.2) is 64.6 Å².